The predicted octanol–water partition coefficient (Wildman–Crippen LogP) is 1.21. The molecule has 4 nitrogen and oxygen atoms in total. The van der Waals surface area contributed by atoms with E-state index in [1.165, 1.54) is 6.08 Å². The Labute approximate surface area is 101 Å². The largest absolute Gasteiger partial charge is 0.497 e. The number of aliphatic hydroxyl groups excluding tert-OH is 1. The first-order chi connectivity index (χ1) is 8.11. The number of methoxy groups -OCH3 is 1. The van der Waals surface area contributed by atoms with Gasteiger partial charge in [0.2, 0.25) is 5.91 Å². The zero-order chi connectivity index (χ0) is 12.7. The van der Waals surface area contributed by atoms with Crippen molar-refractivity contribution in [2.75, 3.05) is 13.7 Å². The van der Waals surface area contributed by atoms with Crippen molar-refractivity contribution in [1.29, 1.82) is 0 Å². The van der Waals surface area contributed by atoms with Gasteiger partial charge in [0, 0.05) is 12.6 Å². The van der Waals surface area contributed by atoms with Gasteiger partial charge in [0.1, 0.15) is 5.75 Å². The second-order valence-electron chi connectivity index (χ2n) is 3.70. The summed E-state index contributed by atoms with van der Waals surface area (Å²) in [6.07, 6.45) is 2.61. The van der Waals surface area contributed by atoms with Crippen LogP contribution in [-0.4, -0.2) is 30.8 Å². The molecule has 1 aromatic carbocycles. The highest BCUT2D eigenvalue weighted by Crippen LogP contribution is 2.11. The smallest absolute Gasteiger partial charge is 0.244 e. The van der Waals surface area contributed by atoms with Crippen molar-refractivity contribution in [2.24, 2.45) is 0 Å². The average molecular weight is 235 g/mol. The normalized spacial score (nSPS) is 12.4. The van der Waals surface area contributed by atoms with Gasteiger partial charge in [-0.3, -0.25) is 4.79 Å². The van der Waals surface area contributed by atoms with Crippen LogP contribution in [-0.2, 0) is 4.79 Å². The van der Waals surface area contributed by atoms with Crippen LogP contribution in [0.25, 0.3) is 6.08 Å². The number of aliphatic hydroxyl groups is 1. The van der Waals surface area contributed by atoms with E-state index in [1.807, 2.05) is 24.3 Å². The summed E-state index contributed by atoms with van der Waals surface area (Å²) in [4.78, 5) is 11.3. The molecular formula is C13H17NO3. The molecule has 0 fully saturated rings. The van der Waals surface area contributed by atoms with E-state index in [1.54, 1.807) is 20.1 Å². The van der Waals surface area contributed by atoms with E-state index in [-0.39, 0.29) is 12.5 Å². The van der Waals surface area contributed by atoms with Crippen LogP contribution in [0.3, 0.4) is 0 Å². The summed E-state index contributed by atoms with van der Waals surface area (Å²) < 4.78 is 5.03. The zero-order valence-electron chi connectivity index (χ0n) is 10.0. The van der Waals surface area contributed by atoms with E-state index >= 15 is 0 Å². The van der Waals surface area contributed by atoms with Crippen molar-refractivity contribution in [3.8, 4) is 5.75 Å². The fourth-order valence-electron chi connectivity index (χ4n) is 1.19. The van der Waals surface area contributed by atoms with Gasteiger partial charge in [0.25, 0.3) is 0 Å². The number of hydrogen-bond donors (Lipinski definition) is 2. The molecule has 92 valence electrons. The molecular weight excluding hydrogens is 218 g/mol. The Kier molecular flexibility index (Phi) is 5.23. The Bertz CT molecular complexity index is 382. The summed E-state index contributed by atoms with van der Waals surface area (Å²) in [5.74, 6) is 0.558. The summed E-state index contributed by atoms with van der Waals surface area (Å²) >= 11 is 0. The molecule has 0 aliphatic rings. The molecule has 17 heavy (non-hydrogen) atoms. The number of nitrogens with one attached hydrogen (secondary N) is 1. The number of ether oxygens (including phenoxy) is 1. The van der Waals surface area contributed by atoms with Crippen molar-refractivity contribution in [1.82, 2.24) is 5.32 Å². The lowest BCUT2D eigenvalue weighted by molar-refractivity contribution is -0.116. The Morgan fingerprint density at radius 3 is 2.65 bits per heavy atom. The lowest BCUT2D eigenvalue weighted by Gasteiger charge is -2.03. The van der Waals surface area contributed by atoms with Gasteiger partial charge in [-0.1, -0.05) is 12.1 Å². The molecule has 0 spiro atoms. The summed E-state index contributed by atoms with van der Waals surface area (Å²) in [6, 6.07) is 7.37. The molecule has 0 radical (unpaired) electrons. The molecule has 0 saturated heterocycles. The third kappa shape index (κ3) is 5.17. The lowest BCUT2D eigenvalue weighted by atomic mass is 10.2. The van der Waals surface area contributed by atoms with Gasteiger partial charge in [-0.05, 0) is 30.7 Å². The standard InChI is InChI=1S/C13H17NO3/c1-10(15)9-14-13(16)8-5-11-3-6-12(17-2)7-4-11/h3-8,10,15H,9H2,1-2H3,(H,14,16)/b8-5+/t10-/m0/s1. The van der Waals surface area contributed by atoms with Gasteiger partial charge in [0.15, 0.2) is 0 Å². The number of benzene rings is 1. The van der Waals surface area contributed by atoms with Crippen molar-refractivity contribution in [3.05, 3.63) is 35.9 Å². The van der Waals surface area contributed by atoms with Crippen molar-refractivity contribution in [2.45, 2.75) is 13.0 Å². The highest BCUT2D eigenvalue weighted by molar-refractivity contribution is 5.91. The minimum Gasteiger partial charge on any atom is -0.497 e. The van der Waals surface area contributed by atoms with Crippen molar-refractivity contribution >= 4 is 12.0 Å². The first kappa shape index (κ1) is 13.3. The maximum absolute atomic E-state index is 11.3. The van der Waals surface area contributed by atoms with Crippen LogP contribution in [0.5, 0.6) is 5.75 Å². The Balaban J connectivity index is 2.49. The molecule has 1 rings (SSSR count). The Morgan fingerprint density at radius 2 is 2.12 bits per heavy atom. The number of carbonyl (C=O) groups excluding carboxylic acids is 1. The van der Waals surface area contributed by atoms with Crippen LogP contribution in [0.2, 0.25) is 0 Å². The molecule has 4 heteroatoms. The highest BCUT2D eigenvalue weighted by Gasteiger charge is 1.98. The van der Waals surface area contributed by atoms with Crippen LogP contribution in [0, 0.1) is 0 Å². The number of carbonyl (C=O) groups is 1. The van der Waals surface area contributed by atoms with Crippen LogP contribution < -0.4 is 10.1 Å². The summed E-state index contributed by atoms with van der Waals surface area (Å²) in [5.41, 5.74) is 0.915. The first-order valence-corrected chi connectivity index (χ1v) is 5.40. The fraction of sp³-hybridized carbons (Fsp3) is 0.308. The Hall–Kier alpha value is -1.81. The van der Waals surface area contributed by atoms with Crippen LogP contribution in [0.1, 0.15) is 12.5 Å². The van der Waals surface area contributed by atoms with E-state index < -0.39 is 6.10 Å². The molecule has 0 saturated carbocycles. The third-order valence-electron chi connectivity index (χ3n) is 2.11. The highest BCUT2D eigenvalue weighted by atomic mass is 16.5. The molecule has 0 unspecified atom stereocenters. The van der Waals surface area contributed by atoms with Crippen LogP contribution in [0.4, 0.5) is 0 Å². The first-order valence-electron chi connectivity index (χ1n) is 5.40. The molecule has 1 atom stereocenters. The number of hydrogen-bond acceptors (Lipinski definition) is 3. The van der Waals surface area contributed by atoms with E-state index in [9.17, 15) is 4.79 Å². The average Bonchev–Trinajstić information content (AvgIpc) is 2.34. The maximum Gasteiger partial charge on any atom is 0.244 e. The number of rotatable bonds is 5. The molecule has 1 aromatic rings. The predicted molar refractivity (Wildman–Crippen MR) is 66.7 cm³/mol. The summed E-state index contributed by atoms with van der Waals surface area (Å²) in [6.45, 7) is 1.87. The molecule has 0 bridgehead atoms. The monoisotopic (exact) mass is 235 g/mol. The molecule has 0 aromatic heterocycles. The van der Waals surface area contributed by atoms with Gasteiger partial charge >= 0.3 is 0 Å². The van der Waals surface area contributed by atoms with E-state index in [2.05, 4.69) is 5.32 Å². The van der Waals surface area contributed by atoms with Crippen molar-refractivity contribution in [3.63, 3.8) is 0 Å². The molecule has 0 heterocycles. The van der Waals surface area contributed by atoms with Gasteiger partial charge < -0.3 is 15.2 Å². The second-order valence-corrected chi connectivity index (χ2v) is 3.70. The topological polar surface area (TPSA) is 58.6 Å². The quantitative estimate of drug-likeness (QED) is 0.754. The molecule has 0 aliphatic heterocycles. The van der Waals surface area contributed by atoms with E-state index in [4.69, 9.17) is 9.84 Å². The summed E-state index contributed by atoms with van der Waals surface area (Å²) in [5, 5.41) is 11.6. The zero-order valence-corrected chi connectivity index (χ0v) is 10.0. The Morgan fingerprint density at radius 1 is 1.47 bits per heavy atom. The minimum atomic E-state index is -0.534. The number of amides is 1. The van der Waals surface area contributed by atoms with Gasteiger partial charge in [0.05, 0.1) is 13.2 Å². The van der Waals surface area contributed by atoms with Crippen LogP contribution in [0.15, 0.2) is 30.3 Å². The minimum absolute atomic E-state index is 0.221. The molecule has 2 N–H and O–H groups in total. The second kappa shape index (κ2) is 6.70. The fourth-order valence-corrected chi connectivity index (χ4v) is 1.19. The maximum atomic E-state index is 11.3. The lowest BCUT2D eigenvalue weighted by Crippen LogP contribution is -2.28. The van der Waals surface area contributed by atoms with Crippen LogP contribution >= 0.6 is 0 Å². The molecule has 1 amide bonds. The van der Waals surface area contributed by atoms with E-state index in [0.717, 1.165) is 11.3 Å². The van der Waals surface area contributed by atoms with Gasteiger partial charge in [-0.25, -0.2) is 0 Å². The van der Waals surface area contributed by atoms with Gasteiger partial charge in [-0.15, -0.1) is 0 Å². The van der Waals surface area contributed by atoms with Crippen molar-refractivity contribution < 1.29 is 14.6 Å². The van der Waals surface area contributed by atoms with E-state index in [0.29, 0.717) is 0 Å². The summed E-state index contributed by atoms with van der Waals surface area (Å²) in [7, 11) is 1.61. The third-order valence-corrected chi connectivity index (χ3v) is 2.11. The SMILES string of the molecule is COc1ccc(/C=C/C(=O)NC[C@H](C)O)cc1. The molecule has 0 aliphatic carbocycles. The van der Waals surface area contributed by atoms with Gasteiger partial charge in [-0.2, -0.15) is 0 Å².